The van der Waals surface area contributed by atoms with Crippen LogP contribution in [-0.2, 0) is 11.3 Å². The van der Waals surface area contributed by atoms with E-state index in [0.29, 0.717) is 35.6 Å². The fraction of sp³-hybridized carbons (Fsp3) is 0.462. The molecule has 6 heteroatoms. The lowest BCUT2D eigenvalue weighted by atomic mass is 10.1. The molecule has 1 aliphatic heterocycles. The van der Waals surface area contributed by atoms with Gasteiger partial charge < -0.3 is 5.11 Å². The number of hydrogen-bond donors (Lipinski definition) is 1. The Bertz CT molecular complexity index is 584. The van der Waals surface area contributed by atoms with Gasteiger partial charge in [0.1, 0.15) is 0 Å². The van der Waals surface area contributed by atoms with Crippen LogP contribution in [0.15, 0.2) is 10.7 Å². The number of aromatic nitrogens is 2. The molecule has 0 atom stereocenters. The number of aromatic hydroxyl groups is 1. The van der Waals surface area contributed by atoms with E-state index in [1.807, 2.05) is 20.8 Å². The van der Waals surface area contributed by atoms with E-state index in [0.717, 1.165) is 0 Å². The van der Waals surface area contributed by atoms with Crippen molar-refractivity contribution in [2.45, 2.75) is 34.2 Å². The summed E-state index contributed by atoms with van der Waals surface area (Å²) in [6.45, 7) is 8.48. The van der Waals surface area contributed by atoms with Crippen molar-refractivity contribution < 1.29 is 9.90 Å². The van der Waals surface area contributed by atoms with E-state index in [2.05, 4.69) is 10.2 Å². The third-order valence-corrected chi connectivity index (χ3v) is 3.16. The van der Waals surface area contributed by atoms with Gasteiger partial charge in [0.05, 0.1) is 22.5 Å². The molecule has 1 aliphatic rings. The number of aryl methyl sites for hydroxylation is 2. The van der Waals surface area contributed by atoms with Crippen molar-refractivity contribution in [3.8, 4) is 5.88 Å². The second-order valence-corrected chi connectivity index (χ2v) is 4.40. The summed E-state index contributed by atoms with van der Waals surface area (Å²) in [5.41, 5.74) is 2.45. The van der Waals surface area contributed by atoms with E-state index in [9.17, 15) is 9.90 Å². The van der Waals surface area contributed by atoms with Crippen molar-refractivity contribution in [3.63, 3.8) is 0 Å². The number of rotatable bonds is 3. The highest BCUT2D eigenvalue weighted by atomic mass is 16.3. The van der Waals surface area contributed by atoms with Gasteiger partial charge in [-0.05, 0) is 33.8 Å². The minimum absolute atomic E-state index is 0.0862. The zero-order valence-electron chi connectivity index (χ0n) is 11.6. The van der Waals surface area contributed by atoms with Crippen LogP contribution in [0.4, 0.5) is 0 Å². The van der Waals surface area contributed by atoms with Gasteiger partial charge in [0.15, 0.2) is 0 Å². The lowest BCUT2D eigenvalue weighted by molar-refractivity contribution is -0.125. The van der Waals surface area contributed by atoms with E-state index in [-0.39, 0.29) is 11.8 Å². The maximum Gasteiger partial charge on any atom is 0.275 e. The van der Waals surface area contributed by atoms with Crippen molar-refractivity contribution in [1.29, 1.82) is 0 Å². The van der Waals surface area contributed by atoms with Crippen LogP contribution < -0.4 is 0 Å². The molecule has 0 radical (unpaired) electrons. The van der Waals surface area contributed by atoms with Gasteiger partial charge in [0, 0.05) is 13.1 Å². The maximum absolute atomic E-state index is 12.1. The summed E-state index contributed by atoms with van der Waals surface area (Å²) < 4.78 is 1.51. The van der Waals surface area contributed by atoms with Gasteiger partial charge in [-0.2, -0.15) is 10.2 Å². The Labute approximate surface area is 112 Å². The maximum atomic E-state index is 12.1. The summed E-state index contributed by atoms with van der Waals surface area (Å²) in [6, 6.07) is 0. The molecular formula is C13H18N4O2. The molecule has 0 saturated heterocycles. The zero-order chi connectivity index (χ0) is 14.2. The quantitative estimate of drug-likeness (QED) is 0.840. The average molecular weight is 262 g/mol. The molecule has 2 rings (SSSR count). The summed E-state index contributed by atoms with van der Waals surface area (Å²) >= 11 is 0. The molecule has 19 heavy (non-hydrogen) atoms. The van der Waals surface area contributed by atoms with Gasteiger partial charge in [-0.3, -0.25) is 4.79 Å². The fourth-order valence-electron chi connectivity index (χ4n) is 2.07. The van der Waals surface area contributed by atoms with Gasteiger partial charge in [-0.15, -0.1) is 0 Å². The molecule has 102 valence electrons. The molecule has 0 saturated carbocycles. The first-order valence-electron chi connectivity index (χ1n) is 6.35. The van der Waals surface area contributed by atoms with Crippen LogP contribution in [0.3, 0.4) is 0 Å². The number of amides is 1. The summed E-state index contributed by atoms with van der Waals surface area (Å²) in [6.07, 6.45) is 1.67. The van der Waals surface area contributed by atoms with Gasteiger partial charge in [0.2, 0.25) is 5.88 Å². The van der Waals surface area contributed by atoms with Crippen LogP contribution in [0, 0.1) is 6.92 Å². The lowest BCUT2D eigenvalue weighted by Crippen LogP contribution is -2.21. The van der Waals surface area contributed by atoms with E-state index in [1.165, 1.54) is 9.69 Å². The van der Waals surface area contributed by atoms with Gasteiger partial charge in [-0.1, -0.05) is 0 Å². The third kappa shape index (κ3) is 2.14. The molecule has 1 aromatic rings. The lowest BCUT2D eigenvalue weighted by Gasteiger charge is -2.06. The molecule has 0 unspecified atom stereocenters. The van der Waals surface area contributed by atoms with Crippen LogP contribution in [0.25, 0.3) is 6.08 Å². The highest BCUT2D eigenvalue weighted by molar-refractivity contribution is 6.26. The number of likely N-dealkylation sites (N-methyl/N-ethyl adjacent to an activating group) is 1. The molecule has 0 bridgehead atoms. The standard InChI is InChI=1S/C13H18N4O2/c1-5-16-12(18)10(8(3)14-16)7-11-9(4)15-17(6-2)13(11)19/h7,18H,5-6H2,1-4H3/b11-7-. The second kappa shape index (κ2) is 4.87. The van der Waals surface area contributed by atoms with Crippen LogP contribution in [0.2, 0.25) is 0 Å². The summed E-state index contributed by atoms with van der Waals surface area (Å²) in [5.74, 6) is -0.0499. The smallest absolute Gasteiger partial charge is 0.275 e. The Hall–Kier alpha value is -2.11. The Morgan fingerprint density at radius 1 is 1.26 bits per heavy atom. The molecule has 0 aliphatic carbocycles. The Morgan fingerprint density at radius 2 is 1.95 bits per heavy atom. The number of carbonyl (C=O) groups excluding carboxylic acids is 1. The topological polar surface area (TPSA) is 70.7 Å². The van der Waals surface area contributed by atoms with Gasteiger partial charge in [-0.25, -0.2) is 9.69 Å². The first-order valence-corrected chi connectivity index (χ1v) is 6.35. The third-order valence-electron chi connectivity index (χ3n) is 3.16. The highest BCUT2D eigenvalue weighted by Gasteiger charge is 2.27. The minimum Gasteiger partial charge on any atom is -0.493 e. The number of hydrazone groups is 1. The van der Waals surface area contributed by atoms with Crippen LogP contribution >= 0.6 is 0 Å². The van der Waals surface area contributed by atoms with Gasteiger partial charge in [0.25, 0.3) is 5.91 Å². The normalized spacial score (nSPS) is 17.5. The average Bonchev–Trinajstić information content (AvgIpc) is 2.82. The summed E-state index contributed by atoms with van der Waals surface area (Å²) in [5, 5.41) is 19.9. The monoisotopic (exact) mass is 262 g/mol. The first-order chi connectivity index (χ1) is 8.99. The number of nitrogens with zero attached hydrogens (tertiary/aromatic N) is 4. The van der Waals surface area contributed by atoms with E-state index >= 15 is 0 Å². The molecule has 1 aromatic heterocycles. The molecule has 2 heterocycles. The van der Waals surface area contributed by atoms with Crippen molar-refractivity contribution in [2.24, 2.45) is 5.10 Å². The molecule has 6 nitrogen and oxygen atoms in total. The van der Waals surface area contributed by atoms with E-state index in [4.69, 9.17) is 0 Å². The Kier molecular flexibility index (Phi) is 3.42. The Balaban J connectivity index is 2.46. The SMILES string of the molecule is CCN1N=C(C)/C(=C/c2c(C)nn(CC)c2O)C1=O. The number of hydrogen-bond acceptors (Lipinski definition) is 4. The predicted molar refractivity (Wildman–Crippen MR) is 72.8 cm³/mol. The van der Waals surface area contributed by atoms with E-state index < -0.39 is 0 Å². The molecule has 0 spiro atoms. The van der Waals surface area contributed by atoms with Gasteiger partial charge >= 0.3 is 0 Å². The molecule has 0 fully saturated rings. The van der Waals surface area contributed by atoms with Crippen LogP contribution in [0.5, 0.6) is 5.88 Å². The van der Waals surface area contributed by atoms with Crippen LogP contribution in [-0.4, -0.2) is 38.1 Å². The first kappa shape index (κ1) is 13.3. The summed E-state index contributed by atoms with van der Waals surface area (Å²) in [7, 11) is 0. The molecular weight excluding hydrogens is 244 g/mol. The van der Waals surface area contributed by atoms with E-state index in [1.54, 1.807) is 13.0 Å². The minimum atomic E-state index is -0.136. The highest BCUT2D eigenvalue weighted by Crippen LogP contribution is 2.26. The zero-order valence-corrected chi connectivity index (χ0v) is 11.6. The van der Waals surface area contributed by atoms with Crippen molar-refractivity contribution in [3.05, 3.63) is 16.8 Å². The predicted octanol–water partition coefficient (Wildman–Crippen LogP) is 1.54. The molecule has 1 amide bonds. The fourth-order valence-corrected chi connectivity index (χ4v) is 2.07. The largest absolute Gasteiger partial charge is 0.493 e. The molecule has 1 N–H and O–H groups in total. The van der Waals surface area contributed by atoms with Crippen LogP contribution in [0.1, 0.15) is 32.0 Å². The second-order valence-electron chi connectivity index (χ2n) is 4.40. The number of carbonyl (C=O) groups is 1. The van der Waals surface area contributed by atoms with Crippen molar-refractivity contribution >= 4 is 17.7 Å². The molecule has 0 aromatic carbocycles. The van der Waals surface area contributed by atoms with Crippen molar-refractivity contribution in [1.82, 2.24) is 14.8 Å². The van der Waals surface area contributed by atoms with Crippen molar-refractivity contribution in [2.75, 3.05) is 6.54 Å². The summed E-state index contributed by atoms with van der Waals surface area (Å²) in [4.78, 5) is 12.1. The Morgan fingerprint density at radius 3 is 2.42 bits per heavy atom.